The Kier molecular flexibility index (Phi) is 43.4. The largest absolute Gasteiger partial charge is 0.462 e. The lowest BCUT2D eigenvalue weighted by molar-refractivity contribution is -0.161. The number of hydrogen-bond donors (Lipinski definition) is 1. The third-order valence-electron chi connectivity index (χ3n) is 10.9. The SMILES string of the molecule is CCCCCCCCCCCCCCCCCCCCCCCCCCCCC(=O)OC(CO)COC(=O)CCCCCCCCCCCCCC. The average molecular weight is 737 g/mol. The van der Waals surface area contributed by atoms with Crippen molar-refractivity contribution < 1.29 is 24.2 Å². The summed E-state index contributed by atoms with van der Waals surface area (Å²) in [5.41, 5.74) is 0. The predicted molar refractivity (Wildman–Crippen MR) is 224 cm³/mol. The summed E-state index contributed by atoms with van der Waals surface area (Å²) in [5, 5.41) is 9.58. The van der Waals surface area contributed by atoms with Gasteiger partial charge in [0.15, 0.2) is 6.10 Å². The quantitative estimate of drug-likeness (QED) is 0.0498. The molecule has 0 radical (unpaired) electrons. The summed E-state index contributed by atoms with van der Waals surface area (Å²) < 4.78 is 10.6. The van der Waals surface area contributed by atoms with Crippen LogP contribution in [0, 0.1) is 0 Å². The molecule has 0 fully saturated rings. The van der Waals surface area contributed by atoms with Gasteiger partial charge in [-0.05, 0) is 12.8 Å². The summed E-state index contributed by atoms with van der Waals surface area (Å²) in [6, 6.07) is 0. The zero-order valence-corrected chi connectivity index (χ0v) is 35.4. The molecule has 5 nitrogen and oxygen atoms in total. The summed E-state index contributed by atoms with van der Waals surface area (Å²) in [6.45, 7) is 4.17. The van der Waals surface area contributed by atoms with Crippen molar-refractivity contribution in [2.45, 2.75) is 277 Å². The second kappa shape index (κ2) is 44.3. The number of ether oxygens (including phenoxy) is 2. The first-order valence-electron chi connectivity index (χ1n) is 23.6. The maximum Gasteiger partial charge on any atom is 0.306 e. The van der Waals surface area contributed by atoms with Crippen molar-refractivity contribution in [2.24, 2.45) is 0 Å². The summed E-state index contributed by atoms with van der Waals surface area (Å²) in [5.74, 6) is -0.572. The number of aliphatic hydroxyl groups excluding tert-OH is 1. The highest BCUT2D eigenvalue weighted by atomic mass is 16.6. The number of rotatable bonds is 44. The van der Waals surface area contributed by atoms with Gasteiger partial charge in [-0.25, -0.2) is 0 Å². The van der Waals surface area contributed by atoms with Crippen LogP contribution in [-0.4, -0.2) is 36.4 Å². The number of carbonyl (C=O) groups is 2. The van der Waals surface area contributed by atoms with Crippen molar-refractivity contribution in [3.63, 3.8) is 0 Å². The van der Waals surface area contributed by atoms with Crippen LogP contribution in [0.3, 0.4) is 0 Å². The Morgan fingerprint density at radius 3 is 0.846 bits per heavy atom. The van der Waals surface area contributed by atoms with E-state index < -0.39 is 6.10 Å². The van der Waals surface area contributed by atoms with Gasteiger partial charge in [-0.15, -0.1) is 0 Å². The number of carbonyl (C=O) groups excluding carboxylic acids is 2. The molecule has 1 atom stereocenters. The van der Waals surface area contributed by atoms with Crippen molar-refractivity contribution in [1.82, 2.24) is 0 Å². The lowest BCUT2D eigenvalue weighted by Crippen LogP contribution is -2.28. The molecule has 0 rings (SSSR count). The van der Waals surface area contributed by atoms with Crippen molar-refractivity contribution in [3.8, 4) is 0 Å². The van der Waals surface area contributed by atoms with Crippen molar-refractivity contribution in [1.29, 1.82) is 0 Å². The number of aliphatic hydroxyl groups is 1. The fourth-order valence-electron chi connectivity index (χ4n) is 7.32. The van der Waals surface area contributed by atoms with E-state index >= 15 is 0 Å². The molecule has 0 aliphatic heterocycles. The molecular formula is C47H92O5. The molecule has 0 amide bonds. The van der Waals surface area contributed by atoms with Gasteiger partial charge in [-0.3, -0.25) is 9.59 Å². The first kappa shape index (κ1) is 50.9. The van der Waals surface area contributed by atoms with Crippen LogP contribution >= 0.6 is 0 Å². The summed E-state index contributed by atoms with van der Waals surface area (Å²) in [7, 11) is 0. The molecule has 310 valence electrons. The first-order chi connectivity index (χ1) is 25.6. The molecular weight excluding hydrogens is 645 g/mol. The molecule has 1 N–H and O–H groups in total. The minimum atomic E-state index is -0.762. The van der Waals surface area contributed by atoms with Crippen LogP contribution < -0.4 is 0 Å². The minimum Gasteiger partial charge on any atom is -0.462 e. The first-order valence-corrected chi connectivity index (χ1v) is 23.6. The third kappa shape index (κ3) is 41.7. The Hall–Kier alpha value is -1.10. The van der Waals surface area contributed by atoms with Gasteiger partial charge in [0.25, 0.3) is 0 Å². The van der Waals surface area contributed by atoms with Crippen LogP contribution in [0.15, 0.2) is 0 Å². The lowest BCUT2D eigenvalue weighted by Gasteiger charge is -2.15. The Morgan fingerprint density at radius 2 is 0.596 bits per heavy atom. The van der Waals surface area contributed by atoms with Crippen LogP contribution in [0.5, 0.6) is 0 Å². The van der Waals surface area contributed by atoms with Crippen LogP contribution in [0.2, 0.25) is 0 Å². The monoisotopic (exact) mass is 737 g/mol. The van der Waals surface area contributed by atoms with E-state index in [0.717, 1.165) is 32.1 Å². The molecule has 0 aromatic carbocycles. The van der Waals surface area contributed by atoms with E-state index in [4.69, 9.17) is 9.47 Å². The second-order valence-corrected chi connectivity index (χ2v) is 16.2. The van der Waals surface area contributed by atoms with E-state index in [1.807, 2.05) is 0 Å². The average Bonchev–Trinajstić information content (AvgIpc) is 3.15. The van der Waals surface area contributed by atoms with Gasteiger partial charge in [0.1, 0.15) is 6.61 Å². The fourth-order valence-corrected chi connectivity index (χ4v) is 7.32. The van der Waals surface area contributed by atoms with Crippen LogP contribution in [0.4, 0.5) is 0 Å². The smallest absolute Gasteiger partial charge is 0.306 e. The van der Waals surface area contributed by atoms with Gasteiger partial charge in [-0.1, -0.05) is 245 Å². The molecule has 0 bridgehead atoms. The van der Waals surface area contributed by atoms with Crippen LogP contribution in [0.1, 0.15) is 271 Å². The van der Waals surface area contributed by atoms with E-state index in [2.05, 4.69) is 13.8 Å². The predicted octanol–water partition coefficient (Wildman–Crippen LogP) is 15.1. The summed E-state index contributed by atoms with van der Waals surface area (Å²) in [4.78, 5) is 24.3. The second-order valence-electron chi connectivity index (χ2n) is 16.2. The van der Waals surface area contributed by atoms with Gasteiger partial charge < -0.3 is 14.6 Å². The van der Waals surface area contributed by atoms with E-state index in [9.17, 15) is 14.7 Å². The van der Waals surface area contributed by atoms with Crippen molar-refractivity contribution >= 4 is 11.9 Å². The van der Waals surface area contributed by atoms with Gasteiger partial charge >= 0.3 is 11.9 Å². The van der Waals surface area contributed by atoms with Crippen LogP contribution in [0.25, 0.3) is 0 Å². The molecule has 0 aliphatic rings. The highest BCUT2D eigenvalue weighted by Crippen LogP contribution is 2.17. The van der Waals surface area contributed by atoms with Gasteiger partial charge in [-0.2, -0.15) is 0 Å². The highest BCUT2D eigenvalue weighted by molar-refractivity contribution is 5.70. The Morgan fingerprint density at radius 1 is 0.365 bits per heavy atom. The molecule has 0 aliphatic carbocycles. The number of esters is 2. The Bertz CT molecular complexity index is 710. The molecule has 0 spiro atoms. The van der Waals surface area contributed by atoms with Gasteiger partial charge in [0, 0.05) is 12.8 Å². The van der Waals surface area contributed by atoms with Gasteiger partial charge in [0.2, 0.25) is 0 Å². The zero-order valence-electron chi connectivity index (χ0n) is 35.4. The Labute approximate surface area is 325 Å². The van der Waals surface area contributed by atoms with Gasteiger partial charge in [0.05, 0.1) is 6.61 Å². The molecule has 0 aromatic rings. The highest BCUT2D eigenvalue weighted by Gasteiger charge is 2.16. The minimum absolute atomic E-state index is 0.0567. The molecule has 1 unspecified atom stereocenters. The summed E-state index contributed by atoms with van der Waals surface area (Å²) >= 11 is 0. The fraction of sp³-hybridized carbons (Fsp3) is 0.957. The maximum absolute atomic E-state index is 12.2. The van der Waals surface area contributed by atoms with E-state index in [0.29, 0.717) is 12.8 Å². The lowest BCUT2D eigenvalue weighted by atomic mass is 10.0. The van der Waals surface area contributed by atoms with Crippen LogP contribution in [-0.2, 0) is 19.1 Å². The topological polar surface area (TPSA) is 72.8 Å². The number of hydrogen-bond acceptors (Lipinski definition) is 5. The van der Waals surface area contributed by atoms with E-state index in [-0.39, 0.29) is 25.2 Å². The molecule has 52 heavy (non-hydrogen) atoms. The maximum atomic E-state index is 12.2. The van der Waals surface area contributed by atoms with Crippen molar-refractivity contribution in [3.05, 3.63) is 0 Å². The molecule has 0 heterocycles. The normalized spacial score (nSPS) is 12.0. The third-order valence-corrected chi connectivity index (χ3v) is 10.9. The van der Waals surface area contributed by atoms with Crippen molar-refractivity contribution in [2.75, 3.05) is 13.2 Å². The molecule has 5 heteroatoms. The van der Waals surface area contributed by atoms with E-state index in [1.165, 1.54) is 212 Å². The molecule has 0 saturated carbocycles. The standard InChI is InChI=1S/C47H92O5/c1-3-5-7-9-11-13-15-17-18-19-20-21-22-23-24-25-26-27-28-29-30-32-34-36-38-40-42-47(50)52-45(43-48)44-51-46(49)41-39-37-35-33-31-16-14-12-10-8-6-4-2/h45,48H,3-44H2,1-2H3. The molecule has 0 saturated heterocycles. The number of unbranched alkanes of at least 4 members (excludes halogenated alkanes) is 36. The Balaban J connectivity index is 3.40. The van der Waals surface area contributed by atoms with E-state index in [1.54, 1.807) is 0 Å². The summed E-state index contributed by atoms with van der Waals surface area (Å²) in [6.07, 6.45) is 50.5. The zero-order chi connectivity index (χ0) is 37.8. The molecule has 0 aromatic heterocycles.